The summed E-state index contributed by atoms with van der Waals surface area (Å²) in [5, 5.41) is 5.36. The lowest BCUT2D eigenvalue weighted by Gasteiger charge is -2.13. The molecular weight excluding hydrogens is 344 g/mol. The zero-order chi connectivity index (χ0) is 18.8. The molecule has 1 aliphatic heterocycles. The Balaban J connectivity index is 1.91. The summed E-state index contributed by atoms with van der Waals surface area (Å²) in [4.78, 5) is 23.5. The molecule has 1 aliphatic rings. The normalized spacial score (nSPS) is 15.7. The molecule has 134 valence electrons. The molecule has 2 aromatic carbocycles. The van der Waals surface area contributed by atoms with E-state index in [4.69, 9.17) is 0 Å². The van der Waals surface area contributed by atoms with Crippen LogP contribution in [0.25, 0.3) is 17.2 Å². The molecule has 26 heavy (non-hydrogen) atoms. The molecule has 4 nitrogen and oxygen atoms in total. The number of imide groups is 1. The summed E-state index contributed by atoms with van der Waals surface area (Å²) in [7, 11) is 0. The Kier molecular flexibility index (Phi) is 5.18. The molecule has 0 radical (unpaired) electrons. The lowest BCUT2D eigenvalue weighted by molar-refractivity contribution is -0.115. The number of amides is 2. The van der Waals surface area contributed by atoms with Gasteiger partial charge in [-0.1, -0.05) is 24.3 Å². The molecule has 0 saturated carbocycles. The van der Waals surface area contributed by atoms with E-state index in [1.165, 1.54) is 5.56 Å². The molecule has 1 saturated heterocycles. The van der Waals surface area contributed by atoms with Crippen molar-refractivity contribution < 1.29 is 9.59 Å². The summed E-state index contributed by atoms with van der Waals surface area (Å²) >= 11 is 0.945. The number of hydrogen-bond donors (Lipinski definition) is 2. The highest BCUT2D eigenvalue weighted by Gasteiger charge is 2.25. The molecule has 2 N–H and O–H groups in total. The molecule has 0 aromatic heterocycles. The summed E-state index contributed by atoms with van der Waals surface area (Å²) in [5.74, 6) is -0.325. The van der Waals surface area contributed by atoms with Crippen LogP contribution in [0.15, 0.2) is 41.3 Å². The second kappa shape index (κ2) is 7.38. The SMILES string of the molecule is Cc1cc(-c2ccc(NC(C)C)cc2)c(C)cc1C=C1SC(=O)NC1=O. The molecular formula is C21H22N2O2S. The minimum Gasteiger partial charge on any atom is -0.383 e. The summed E-state index contributed by atoms with van der Waals surface area (Å²) in [6.07, 6.45) is 1.78. The Bertz CT molecular complexity index is 899. The molecule has 1 fully saturated rings. The second-order valence-electron chi connectivity index (χ2n) is 6.75. The van der Waals surface area contributed by atoms with Gasteiger partial charge in [-0.05, 0) is 85.5 Å². The van der Waals surface area contributed by atoms with E-state index in [1.54, 1.807) is 6.08 Å². The van der Waals surface area contributed by atoms with Crippen molar-refractivity contribution in [2.75, 3.05) is 5.32 Å². The van der Waals surface area contributed by atoms with Gasteiger partial charge in [0.2, 0.25) is 0 Å². The molecule has 0 atom stereocenters. The van der Waals surface area contributed by atoms with Gasteiger partial charge in [0.25, 0.3) is 11.1 Å². The van der Waals surface area contributed by atoms with Gasteiger partial charge in [-0.2, -0.15) is 0 Å². The van der Waals surface area contributed by atoms with Crippen LogP contribution in [0, 0.1) is 13.8 Å². The van der Waals surface area contributed by atoms with Crippen LogP contribution >= 0.6 is 11.8 Å². The standard InChI is InChI=1S/C21H22N2O2S/c1-12(2)22-17-7-5-15(6-8-17)18-10-13(3)16(9-14(18)4)11-19-20(24)23-21(25)26-19/h5-12,22H,1-4H3,(H,23,24,25). The molecule has 0 spiro atoms. The number of thioether (sulfide) groups is 1. The fourth-order valence-electron chi connectivity index (χ4n) is 2.95. The van der Waals surface area contributed by atoms with Crippen molar-refractivity contribution in [2.24, 2.45) is 0 Å². The van der Waals surface area contributed by atoms with Crippen LogP contribution in [0.3, 0.4) is 0 Å². The van der Waals surface area contributed by atoms with Crippen molar-refractivity contribution in [1.29, 1.82) is 0 Å². The van der Waals surface area contributed by atoms with Gasteiger partial charge in [0.05, 0.1) is 4.91 Å². The quantitative estimate of drug-likeness (QED) is 0.738. The fourth-order valence-corrected chi connectivity index (χ4v) is 3.62. The van der Waals surface area contributed by atoms with Gasteiger partial charge in [-0.3, -0.25) is 14.9 Å². The number of carbonyl (C=O) groups is 2. The van der Waals surface area contributed by atoms with Crippen LogP contribution in [-0.2, 0) is 4.79 Å². The van der Waals surface area contributed by atoms with Crippen molar-refractivity contribution in [3.8, 4) is 11.1 Å². The van der Waals surface area contributed by atoms with E-state index in [0.29, 0.717) is 10.9 Å². The molecule has 1 heterocycles. The molecule has 2 aromatic rings. The summed E-state index contributed by atoms with van der Waals surface area (Å²) in [5.41, 5.74) is 6.57. The van der Waals surface area contributed by atoms with Crippen molar-refractivity contribution in [2.45, 2.75) is 33.7 Å². The lowest BCUT2D eigenvalue weighted by atomic mass is 9.94. The molecule has 0 unspecified atom stereocenters. The predicted molar refractivity (Wildman–Crippen MR) is 109 cm³/mol. The first-order valence-electron chi connectivity index (χ1n) is 8.56. The first-order valence-corrected chi connectivity index (χ1v) is 9.38. The topological polar surface area (TPSA) is 58.2 Å². The van der Waals surface area contributed by atoms with E-state index in [2.05, 4.69) is 67.8 Å². The number of hydrogen-bond acceptors (Lipinski definition) is 4. The van der Waals surface area contributed by atoms with E-state index >= 15 is 0 Å². The van der Waals surface area contributed by atoms with E-state index in [0.717, 1.165) is 39.7 Å². The van der Waals surface area contributed by atoms with Gasteiger partial charge in [0.15, 0.2) is 0 Å². The summed E-state index contributed by atoms with van der Waals surface area (Å²) < 4.78 is 0. The largest absolute Gasteiger partial charge is 0.383 e. The Morgan fingerprint density at radius 3 is 2.31 bits per heavy atom. The minimum absolute atomic E-state index is 0.317. The number of anilines is 1. The van der Waals surface area contributed by atoms with Crippen LogP contribution in [0.4, 0.5) is 10.5 Å². The smallest absolute Gasteiger partial charge is 0.290 e. The number of carbonyl (C=O) groups excluding carboxylic acids is 2. The van der Waals surface area contributed by atoms with E-state index in [9.17, 15) is 9.59 Å². The minimum atomic E-state index is -0.325. The van der Waals surface area contributed by atoms with Crippen LogP contribution in [0.1, 0.15) is 30.5 Å². The summed E-state index contributed by atoms with van der Waals surface area (Å²) in [6, 6.07) is 13.0. The van der Waals surface area contributed by atoms with Crippen LogP contribution in [-0.4, -0.2) is 17.2 Å². The first-order chi connectivity index (χ1) is 12.3. The van der Waals surface area contributed by atoms with Crippen LogP contribution < -0.4 is 10.6 Å². The Morgan fingerprint density at radius 1 is 1.04 bits per heavy atom. The number of nitrogens with one attached hydrogen (secondary N) is 2. The van der Waals surface area contributed by atoms with Gasteiger partial charge in [0, 0.05) is 11.7 Å². The van der Waals surface area contributed by atoms with Crippen molar-refractivity contribution in [3.05, 3.63) is 58.0 Å². The third-order valence-electron chi connectivity index (χ3n) is 4.19. The predicted octanol–water partition coefficient (Wildman–Crippen LogP) is 5.11. The van der Waals surface area contributed by atoms with E-state index in [1.807, 2.05) is 6.92 Å². The van der Waals surface area contributed by atoms with E-state index in [-0.39, 0.29) is 11.1 Å². The molecule has 5 heteroatoms. The number of benzene rings is 2. The Hall–Kier alpha value is -2.53. The highest BCUT2D eigenvalue weighted by atomic mass is 32.2. The van der Waals surface area contributed by atoms with Crippen LogP contribution in [0.5, 0.6) is 0 Å². The van der Waals surface area contributed by atoms with Crippen molar-refractivity contribution >= 4 is 34.7 Å². The first kappa shape index (κ1) is 18.3. The Labute approximate surface area is 158 Å². The maximum Gasteiger partial charge on any atom is 0.290 e. The highest BCUT2D eigenvalue weighted by Crippen LogP contribution is 2.31. The lowest BCUT2D eigenvalue weighted by Crippen LogP contribution is -2.17. The van der Waals surface area contributed by atoms with Gasteiger partial charge in [-0.15, -0.1) is 0 Å². The monoisotopic (exact) mass is 366 g/mol. The van der Waals surface area contributed by atoms with Gasteiger partial charge in [-0.25, -0.2) is 0 Å². The third-order valence-corrected chi connectivity index (χ3v) is 5.00. The van der Waals surface area contributed by atoms with Gasteiger partial charge < -0.3 is 5.32 Å². The molecule has 0 bridgehead atoms. The average molecular weight is 366 g/mol. The number of rotatable bonds is 4. The Morgan fingerprint density at radius 2 is 1.73 bits per heavy atom. The fraction of sp³-hybridized carbons (Fsp3) is 0.238. The maximum atomic E-state index is 11.8. The van der Waals surface area contributed by atoms with E-state index < -0.39 is 0 Å². The van der Waals surface area contributed by atoms with Crippen molar-refractivity contribution in [3.63, 3.8) is 0 Å². The van der Waals surface area contributed by atoms with Crippen molar-refractivity contribution in [1.82, 2.24) is 5.32 Å². The maximum absolute atomic E-state index is 11.8. The molecule has 2 amide bonds. The summed E-state index contributed by atoms with van der Waals surface area (Å²) in [6.45, 7) is 8.31. The number of aryl methyl sites for hydroxylation is 2. The molecule has 3 rings (SSSR count). The average Bonchev–Trinajstić information content (AvgIpc) is 2.88. The van der Waals surface area contributed by atoms with Gasteiger partial charge >= 0.3 is 0 Å². The third kappa shape index (κ3) is 3.99. The molecule has 0 aliphatic carbocycles. The zero-order valence-electron chi connectivity index (χ0n) is 15.3. The second-order valence-corrected chi connectivity index (χ2v) is 7.77. The van der Waals surface area contributed by atoms with Gasteiger partial charge in [0.1, 0.15) is 0 Å². The highest BCUT2D eigenvalue weighted by molar-refractivity contribution is 8.18. The zero-order valence-corrected chi connectivity index (χ0v) is 16.2. The van der Waals surface area contributed by atoms with Crippen LogP contribution in [0.2, 0.25) is 0 Å².